The molecule has 3 rings (SSSR count). The zero-order valence-corrected chi connectivity index (χ0v) is 17.5. The minimum atomic E-state index is -3.69. The lowest BCUT2D eigenvalue weighted by Gasteiger charge is -2.26. The van der Waals surface area contributed by atoms with Gasteiger partial charge >= 0.3 is 0 Å². The third-order valence-corrected chi connectivity index (χ3v) is 6.41. The highest BCUT2D eigenvalue weighted by Crippen LogP contribution is 2.23. The molecule has 30 heavy (non-hydrogen) atoms. The second-order valence-corrected chi connectivity index (χ2v) is 8.29. The van der Waals surface area contributed by atoms with E-state index in [1.807, 2.05) is 0 Å². The van der Waals surface area contributed by atoms with Crippen molar-refractivity contribution in [1.82, 2.24) is 9.73 Å². The van der Waals surface area contributed by atoms with Crippen molar-refractivity contribution in [1.29, 1.82) is 0 Å². The Kier molecular flexibility index (Phi) is 7.03. The average molecular weight is 433 g/mol. The number of carbonyl (C=O) groups excluding carboxylic acids is 1. The van der Waals surface area contributed by atoms with Crippen LogP contribution in [0.5, 0.6) is 11.5 Å². The standard InChI is InChI=1S/C20H23N3O6S/c1-27-17-7-6-16(19(13-17)28-2)14-21-22-20(24)15-4-3-5-18(12-15)30(25,26)23-8-10-29-11-9-23/h3-7,12-14H,8-11H2,1-2H3,(H,22,24). The SMILES string of the molecule is COc1ccc(C=NNC(=O)c2cccc(S(=O)(=O)N3CCOCC3)c2)c(OC)c1. The van der Waals surface area contributed by atoms with Crippen LogP contribution < -0.4 is 14.9 Å². The summed E-state index contributed by atoms with van der Waals surface area (Å²) in [4.78, 5) is 12.5. The summed E-state index contributed by atoms with van der Waals surface area (Å²) < 4.78 is 42.5. The van der Waals surface area contributed by atoms with E-state index < -0.39 is 15.9 Å². The summed E-state index contributed by atoms with van der Waals surface area (Å²) in [5, 5.41) is 3.94. The molecule has 0 bridgehead atoms. The Labute approximate surface area is 175 Å². The zero-order chi connectivity index (χ0) is 21.6. The molecule has 1 aliphatic rings. The number of nitrogens with zero attached hydrogens (tertiary/aromatic N) is 2. The van der Waals surface area contributed by atoms with Gasteiger partial charge in [0.25, 0.3) is 5.91 Å². The second kappa shape index (κ2) is 9.70. The molecule has 0 aliphatic carbocycles. The van der Waals surface area contributed by atoms with Gasteiger partial charge in [-0.1, -0.05) is 6.07 Å². The molecule has 1 saturated heterocycles. The Bertz CT molecular complexity index is 1030. The number of morpholine rings is 1. The number of carbonyl (C=O) groups is 1. The number of rotatable bonds is 7. The number of hydrazone groups is 1. The molecule has 1 heterocycles. The van der Waals surface area contributed by atoms with Crippen LogP contribution in [-0.4, -0.2) is 65.4 Å². The molecule has 2 aromatic rings. The zero-order valence-electron chi connectivity index (χ0n) is 16.7. The van der Waals surface area contributed by atoms with Gasteiger partial charge in [-0.05, 0) is 30.3 Å². The predicted octanol–water partition coefficient (Wildman–Crippen LogP) is 1.49. The molecular formula is C20H23N3O6S. The first-order chi connectivity index (χ1) is 14.5. The van der Waals surface area contributed by atoms with E-state index in [-0.39, 0.29) is 23.5 Å². The molecule has 1 aliphatic heterocycles. The van der Waals surface area contributed by atoms with Gasteiger partial charge in [-0.15, -0.1) is 0 Å². The molecule has 0 atom stereocenters. The van der Waals surface area contributed by atoms with Crippen LogP contribution in [0.25, 0.3) is 0 Å². The van der Waals surface area contributed by atoms with Crippen molar-refractivity contribution in [3.8, 4) is 11.5 Å². The van der Waals surface area contributed by atoms with Crippen LogP contribution in [0.4, 0.5) is 0 Å². The predicted molar refractivity (Wildman–Crippen MR) is 111 cm³/mol. The van der Waals surface area contributed by atoms with Crippen LogP contribution in [0.15, 0.2) is 52.5 Å². The van der Waals surface area contributed by atoms with Crippen LogP contribution in [-0.2, 0) is 14.8 Å². The van der Waals surface area contributed by atoms with E-state index in [0.29, 0.717) is 30.3 Å². The number of hydrogen-bond acceptors (Lipinski definition) is 7. The average Bonchev–Trinajstić information content (AvgIpc) is 2.79. The van der Waals surface area contributed by atoms with Crippen molar-refractivity contribution in [3.05, 3.63) is 53.6 Å². The van der Waals surface area contributed by atoms with E-state index in [1.54, 1.807) is 25.3 Å². The number of amides is 1. The number of benzene rings is 2. The minimum Gasteiger partial charge on any atom is -0.497 e. The van der Waals surface area contributed by atoms with Crippen molar-refractivity contribution < 1.29 is 27.4 Å². The normalized spacial score (nSPS) is 15.1. The summed E-state index contributed by atoms with van der Waals surface area (Å²) in [6, 6.07) is 11.0. The van der Waals surface area contributed by atoms with Crippen LogP contribution in [0.2, 0.25) is 0 Å². The highest BCUT2D eigenvalue weighted by Gasteiger charge is 2.26. The van der Waals surface area contributed by atoms with Gasteiger partial charge < -0.3 is 14.2 Å². The maximum atomic E-state index is 12.8. The fourth-order valence-electron chi connectivity index (χ4n) is 2.88. The molecule has 2 aromatic carbocycles. The molecular weight excluding hydrogens is 410 g/mol. The first kappa shape index (κ1) is 21.8. The maximum absolute atomic E-state index is 12.8. The van der Waals surface area contributed by atoms with Gasteiger partial charge in [0.05, 0.1) is 38.5 Å². The van der Waals surface area contributed by atoms with Gasteiger partial charge in [0.15, 0.2) is 0 Å². The lowest BCUT2D eigenvalue weighted by Crippen LogP contribution is -2.40. The number of sulfonamides is 1. The van der Waals surface area contributed by atoms with Crippen molar-refractivity contribution in [2.24, 2.45) is 5.10 Å². The maximum Gasteiger partial charge on any atom is 0.271 e. The van der Waals surface area contributed by atoms with E-state index in [1.165, 1.54) is 41.9 Å². The number of methoxy groups -OCH3 is 2. The van der Waals surface area contributed by atoms with E-state index in [0.717, 1.165) is 0 Å². The quantitative estimate of drug-likeness (QED) is 0.524. The summed E-state index contributed by atoms with van der Waals surface area (Å²) in [7, 11) is -0.620. The molecule has 0 saturated carbocycles. The smallest absolute Gasteiger partial charge is 0.271 e. The first-order valence-corrected chi connectivity index (χ1v) is 10.6. The summed E-state index contributed by atoms with van der Waals surface area (Å²) >= 11 is 0. The summed E-state index contributed by atoms with van der Waals surface area (Å²) in [5.74, 6) is 0.634. The molecule has 1 fully saturated rings. The van der Waals surface area contributed by atoms with Crippen molar-refractivity contribution >= 4 is 22.1 Å². The fourth-order valence-corrected chi connectivity index (χ4v) is 4.34. The topological polar surface area (TPSA) is 107 Å². The third kappa shape index (κ3) is 4.96. The molecule has 10 heteroatoms. The molecule has 1 N–H and O–H groups in total. The highest BCUT2D eigenvalue weighted by atomic mass is 32.2. The van der Waals surface area contributed by atoms with E-state index in [9.17, 15) is 13.2 Å². The van der Waals surface area contributed by atoms with E-state index in [2.05, 4.69) is 10.5 Å². The van der Waals surface area contributed by atoms with E-state index in [4.69, 9.17) is 14.2 Å². The van der Waals surface area contributed by atoms with Gasteiger partial charge in [0.2, 0.25) is 10.0 Å². The Morgan fingerprint density at radius 2 is 1.90 bits per heavy atom. The fraction of sp³-hybridized carbons (Fsp3) is 0.300. The largest absolute Gasteiger partial charge is 0.497 e. The highest BCUT2D eigenvalue weighted by molar-refractivity contribution is 7.89. The minimum absolute atomic E-state index is 0.0536. The van der Waals surface area contributed by atoms with Crippen molar-refractivity contribution in [2.75, 3.05) is 40.5 Å². The van der Waals surface area contributed by atoms with Gasteiger partial charge in [0, 0.05) is 30.3 Å². The summed E-state index contributed by atoms with van der Waals surface area (Å²) in [6.07, 6.45) is 1.44. The Hall–Kier alpha value is -2.95. The Morgan fingerprint density at radius 1 is 1.13 bits per heavy atom. The second-order valence-electron chi connectivity index (χ2n) is 6.35. The lowest BCUT2D eigenvalue weighted by atomic mass is 10.2. The van der Waals surface area contributed by atoms with Crippen LogP contribution >= 0.6 is 0 Å². The summed E-state index contributed by atoms with van der Waals surface area (Å²) in [5.41, 5.74) is 3.23. The first-order valence-electron chi connectivity index (χ1n) is 9.19. The summed E-state index contributed by atoms with van der Waals surface area (Å²) in [6.45, 7) is 1.27. The van der Waals surface area contributed by atoms with E-state index >= 15 is 0 Å². The Balaban J connectivity index is 1.72. The Morgan fingerprint density at radius 3 is 2.60 bits per heavy atom. The van der Waals surface area contributed by atoms with Crippen LogP contribution in [0, 0.1) is 0 Å². The van der Waals surface area contributed by atoms with Gasteiger partial charge in [0.1, 0.15) is 11.5 Å². The van der Waals surface area contributed by atoms with Crippen LogP contribution in [0.3, 0.4) is 0 Å². The van der Waals surface area contributed by atoms with Gasteiger partial charge in [-0.2, -0.15) is 9.41 Å². The number of nitrogens with one attached hydrogen (secondary N) is 1. The monoisotopic (exact) mass is 433 g/mol. The molecule has 0 spiro atoms. The molecule has 0 radical (unpaired) electrons. The molecule has 9 nitrogen and oxygen atoms in total. The molecule has 0 aromatic heterocycles. The van der Waals surface area contributed by atoms with Crippen molar-refractivity contribution in [2.45, 2.75) is 4.90 Å². The van der Waals surface area contributed by atoms with Gasteiger partial charge in [-0.3, -0.25) is 4.79 Å². The number of ether oxygens (including phenoxy) is 3. The molecule has 0 unspecified atom stereocenters. The van der Waals surface area contributed by atoms with Gasteiger partial charge in [-0.25, -0.2) is 13.8 Å². The van der Waals surface area contributed by atoms with Crippen LogP contribution in [0.1, 0.15) is 15.9 Å². The lowest BCUT2D eigenvalue weighted by molar-refractivity contribution is 0.0730. The number of hydrogen-bond donors (Lipinski definition) is 1. The van der Waals surface area contributed by atoms with Crippen molar-refractivity contribution in [3.63, 3.8) is 0 Å². The molecule has 160 valence electrons. The molecule has 1 amide bonds. The third-order valence-electron chi connectivity index (χ3n) is 4.51.